The first kappa shape index (κ1) is 18.1. The van der Waals surface area contributed by atoms with Gasteiger partial charge in [-0.05, 0) is 24.6 Å². The summed E-state index contributed by atoms with van der Waals surface area (Å²) in [5.74, 6) is 0. The third-order valence-electron chi connectivity index (χ3n) is 3.02. The van der Waals surface area contributed by atoms with Gasteiger partial charge in [0.2, 0.25) is 10.0 Å². The van der Waals surface area contributed by atoms with Crippen molar-refractivity contribution in [1.82, 2.24) is 9.71 Å². The lowest BCUT2D eigenvalue weighted by molar-refractivity contribution is 0.387. The Morgan fingerprint density at radius 1 is 1.30 bits per heavy atom. The Morgan fingerprint density at radius 3 is 2.52 bits per heavy atom. The summed E-state index contributed by atoms with van der Waals surface area (Å²) in [5, 5.41) is -0.706. The Labute approximate surface area is 136 Å². The molecular formula is C12H14ClN2O6PS. The summed E-state index contributed by atoms with van der Waals surface area (Å²) in [4.78, 5) is 32.1. The summed E-state index contributed by atoms with van der Waals surface area (Å²) in [5.41, 5.74) is -0.784. The normalized spacial score (nSPS) is 12.7. The number of benzene rings is 1. The summed E-state index contributed by atoms with van der Waals surface area (Å²) in [7, 11) is -8.66. The number of rotatable bonds is 5. The molecule has 0 radical (unpaired) electrons. The van der Waals surface area contributed by atoms with Crippen molar-refractivity contribution in [2.24, 2.45) is 0 Å². The quantitative estimate of drug-likeness (QED) is 0.563. The molecule has 1 aromatic heterocycles. The van der Waals surface area contributed by atoms with Gasteiger partial charge in [0.15, 0.2) is 0 Å². The molecule has 0 saturated heterocycles. The lowest BCUT2D eigenvalue weighted by Gasteiger charge is -2.10. The smallest absolute Gasteiger partial charge is 0.321 e. The molecule has 4 N–H and O–H groups in total. The number of fused-ring (bicyclic) bond motifs is 1. The molecule has 0 aliphatic rings. The van der Waals surface area contributed by atoms with E-state index in [1.165, 1.54) is 6.07 Å². The van der Waals surface area contributed by atoms with Gasteiger partial charge in [0, 0.05) is 17.4 Å². The molecule has 0 amide bonds. The summed E-state index contributed by atoms with van der Waals surface area (Å²) < 4.78 is 38.0. The Morgan fingerprint density at radius 2 is 1.96 bits per heavy atom. The Bertz CT molecular complexity index is 965. The maximum absolute atomic E-state index is 12.2. The van der Waals surface area contributed by atoms with Gasteiger partial charge < -0.3 is 14.8 Å². The Balaban J connectivity index is 2.71. The van der Waals surface area contributed by atoms with Crippen LogP contribution in [0.2, 0.25) is 5.02 Å². The largest absolute Gasteiger partial charge is 0.361 e. The van der Waals surface area contributed by atoms with Crippen LogP contribution in [0.25, 0.3) is 10.9 Å². The molecule has 0 saturated carbocycles. The number of sulfonamides is 1. The fraction of sp³-hybridized carbons (Fsp3) is 0.250. The van der Waals surface area contributed by atoms with Crippen LogP contribution in [0.1, 0.15) is 13.3 Å². The van der Waals surface area contributed by atoms with Crippen LogP contribution in [0.5, 0.6) is 0 Å². The maximum Gasteiger partial charge on any atom is 0.361 e. The zero-order chi connectivity index (χ0) is 17.4. The summed E-state index contributed by atoms with van der Waals surface area (Å²) in [6, 6.07) is 3.34. The molecule has 1 aromatic carbocycles. The van der Waals surface area contributed by atoms with Crippen molar-refractivity contribution < 1.29 is 22.8 Å². The Hall–Kier alpha value is -1.22. The van der Waals surface area contributed by atoms with Crippen LogP contribution in [0.15, 0.2) is 27.9 Å². The topological polar surface area (TPSA) is 137 Å². The highest BCUT2D eigenvalue weighted by molar-refractivity contribution is 7.89. The minimum absolute atomic E-state index is 0.110. The van der Waals surface area contributed by atoms with E-state index in [1.807, 2.05) is 0 Å². The van der Waals surface area contributed by atoms with Gasteiger partial charge in [-0.25, -0.2) is 13.1 Å². The van der Waals surface area contributed by atoms with Crippen molar-refractivity contribution in [3.8, 4) is 0 Å². The SMILES string of the molecule is CCCNS(=O)(=O)c1cc2cc(P(=O)(O)O)c(=O)[nH]c2cc1Cl. The molecule has 126 valence electrons. The average molecular weight is 381 g/mol. The highest BCUT2D eigenvalue weighted by atomic mass is 35.5. The number of nitrogens with one attached hydrogen (secondary N) is 2. The van der Waals surface area contributed by atoms with Gasteiger partial charge >= 0.3 is 7.60 Å². The highest BCUT2D eigenvalue weighted by Crippen LogP contribution is 2.33. The summed E-state index contributed by atoms with van der Waals surface area (Å²) in [6.45, 7) is 2.01. The highest BCUT2D eigenvalue weighted by Gasteiger charge is 2.24. The van der Waals surface area contributed by atoms with Crippen molar-refractivity contribution >= 4 is 45.4 Å². The van der Waals surface area contributed by atoms with E-state index >= 15 is 0 Å². The second kappa shape index (κ2) is 6.35. The fourth-order valence-electron chi connectivity index (χ4n) is 1.93. The van der Waals surface area contributed by atoms with E-state index in [0.717, 1.165) is 12.1 Å². The molecule has 0 spiro atoms. The van der Waals surface area contributed by atoms with Crippen molar-refractivity contribution in [2.45, 2.75) is 18.2 Å². The van der Waals surface area contributed by atoms with Gasteiger partial charge in [-0.1, -0.05) is 18.5 Å². The number of pyridine rings is 1. The van der Waals surface area contributed by atoms with E-state index in [1.54, 1.807) is 6.92 Å². The molecule has 2 aromatic rings. The molecule has 0 aliphatic heterocycles. The van der Waals surface area contributed by atoms with Crippen LogP contribution in [-0.2, 0) is 14.6 Å². The predicted octanol–water partition coefficient (Wildman–Crippen LogP) is 0.673. The van der Waals surface area contributed by atoms with Crippen molar-refractivity contribution in [1.29, 1.82) is 0 Å². The van der Waals surface area contributed by atoms with Crippen LogP contribution in [-0.4, -0.2) is 29.7 Å². The van der Waals surface area contributed by atoms with E-state index < -0.39 is 28.5 Å². The molecule has 23 heavy (non-hydrogen) atoms. The summed E-state index contributed by atoms with van der Waals surface area (Å²) in [6.07, 6.45) is 0.583. The number of aromatic nitrogens is 1. The minimum atomic E-state index is -4.79. The van der Waals surface area contributed by atoms with Crippen LogP contribution in [0, 0.1) is 0 Å². The third kappa shape index (κ3) is 3.82. The molecule has 0 atom stereocenters. The second-order valence-electron chi connectivity index (χ2n) is 4.80. The number of halogens is 1. The lowest BCUT2D eigenvalue weighted by atomic mass is 10.2. The zero-order valence-electron chi connectivity index (χ0n) is 11.9. The minimum Gasteiger partial charge on any atom is -0.321 e. The number of hydrogen-bond donors (Lipinski definition) is 4. The molecule has 0 aliphatic carbocycles. The molecule has 0 fully saturated rings. The van der Waals surface area contributed by atoms with E-state index in [0.29, 0.717) is 6.42 Å². The van der Waals surface area contributed by atoms with E-state index in [4.69, 9.17) is 21.4 Å². The van der Waals surface area contributed by atoms with E-state index in [-0.39, 0.29) is 27.4 Å². The van der Waals surface area contributed by atoms with Crippen LogP contribution >= 0.6 is 19.2 Å². The number of H-pyrrole nitrogens is 1. The van der Waals surface area contributed by atoms with E-state index in [9.17, 15) is 17.8 Å². The first-order valence-corrected chi connectivity index (χ1v) is 9.96. The maximum atomic E-state index is 12.2. The predicted molar refractivity (Wildman–Crippen MR) is 86.7 cm³/mol. The fourth-order valence-corrected chi connectivity index (χ4v) is 4.25. The first-order valence-electron chi connectivity index (χ1n) is 6.48. The van der Waals surface area contributed by atoms with Crippen molar-refractivity contribution in [3.05, 3.63) is 33.6 Å². The van der Waals surface area contributed by atoms with Crippen molar-refractivity contribution in [2.75, 3.05) is 6.54 Å². The lowest BCUT2D eigenvalue weighted by Crippen LogP contribution is -2.27. The van der Waals surface area contributed by atoms with Gasteiger partial charge in [0.05, 0.1) is 5.02 Å². The van der Waals surface area contributed by atoms with Crippen LogP contribution < -0.4 is 15.6 Å². The van der Waals surface area contributed by atoms with Crippen LogP contribution in [0.3, 0.4) is 0 Å². The van der Waals surface area contributed by atoms with E-state index in [2.05, 4.69) is 9.71 Å². The van der Waals surface area contributed by atoms with Gasteiger partial charge in [-0.2, -0.15) is 0 Å². The average Bonchev–Trinajstić information content (AvgIpc) is 2.42. The Kier molecular flexibility index (Phi) is 5.00. The molecule has 8 nitrogen and oxygen atoms in total. The number of aromatic amines is 1. The molecule has 1 heterocycles. The standard InChI is InChI=1S/C12H14ClN2O6PS/c1-2-3-14-23(20,21)11-5-7-4-10(22(17,18)19)12(16)15-9(7)6-8(11)13/h4-6,14H,2-3H2,1H3,(H,15,16)(H2,17,18,19). The van der Waals surface area contributed by atoms with Crippen molar-refractivity contribution in [3.63, 3.8) is 0 Å². The molecule has 2 rings (SSSR count). The molecule has 11 heteroatoms. The number of hydrogen-bond acceptors (Lipinski definition) is 4. The summed E-state index contributed by atoms with van der Waals surface area (Å²) >= 11 is 5.95. The zero-order valence-corrected chi connectivity index (χ0v) is 14.4. The van der Waals surface area contributed by atoms with Crippen LogP contribution in [0.4, 0.5) is 0 Å². The monoisotopic (exact) mass is 380 g/mol. The van der Waals surface area contributed by atoms with Gasteiger partial charge in [0.25, 0.3) is 5.56 Å². The first-order chi connectivity index (χ1) is 10.6. The second-order valence-corrected chi connectivity index (χ2v) is 8.51. The van der Waals surface area contributed by atoms with Gasteiger partial charge in [-0.3, -0.25) is 9.36 Å². The molecule has 0 bridgehead atoms. The third-order valence-corrected chi connectivity index (χ3v) is 5.91. The van der Waals surface area contributed by atoms with Gasteiger partial charge in [-0.15, -0.1) is 0 Å². The molecule has 0 unspecified atom stereocenters. The molecular weight excluding hydrogens is 367 g/mol. The van der Waals surface area contributed by atoms with Gasteiger partial charge in [0.1, 0.15) is 10.2 Å².